The topological polar surface area (TPSA) is 33.2 Å². The zero-order valence-corrected chi connectivity index (χ0v) is 8.50. The first-order chi connectivity index (χ1) is 7.33. The SMILES string of the molecule is CC1=CC=CN(c2ccccn2)C1C=O. The van der Waals surface area contributed by atoms with E-state index in [0.29, 0.717) is 0 Å². The van der Waals surface area contributed by atoms with Gasteiger partial charge in [-0.2, -0.15) is 0 Å². The fraction of sp³-hybridized carbons (Fsp3) is 0.167. The summed E-state index contributed by atoms with van der Waals surface area (Å²) in [5.41, 5.74) is 1.03. The van der Waals surface area contributed by atoms with E-state index in [1.54, 1.807) is 6.20 Å². The van der Waals surface area contributed by atoms with Gasteiger partial charge in [0.25, 0.3) is 0 Å². The van der Waals surface area contributed by atoms with Crippen LogP contribution in [0.15, 0.2) is 48.3 Å². The van der Waals surface area contributed by atoms with Gasteiger partial charge in [0.2, 0.25) is 0 Å². The van der Waals surface area contributed by atoms with Crippen LogP contribution in [0.1, 0.15) is 6.92 Å². The molecule has 1 unspecified atom stereocenters. The molecule has 2 rings (SSSR count). The van der Waals surface area contributed by atoms with Crippen LogP contribution in [-0.2, 0) is 4.79 Å². The Hall–Kier alpha value is -1.90. The van der Waals surface area contributed by atoms with Crippen LogP contribution in [0.25, 0.3) is 0 Å². The number of nitrogens with zero attached hydrogens (tertiary/aromatic N) is 2. The maximum Gasteiger partial charge on any atom is 0.147 e. The van der Waals surface area contributed by atoms with Crippen LogP contribution in [0, 0.1) is 0 Å². The quantitative estimate of drug-likeness (QED) is 0.684. The molecule has 2 heterocycles. The second kappa shape index (κ2) is 4.09. The highest BCUT2D eigenvalue weighted by Crippen LogP contribution is 2.20. The molecule has 3 nitrogen and oxygen atoms in total. The maximum absolute atomic E-state index is 11.0. The molecule has 76 valence electrons. The minimum atomic E-state index is -0.232. The summed E-state index contributed by atoms with van der Waals surface area (Å²) in [5, 5.41) is 0. The lowest BCUT2D eigenvalue weighted by Crippen LogP contribution is -2.35. The summed E-state index contributed by atoms with van der Waals surface area (Å²) in [6, 6.07) is 5.42. The Morgan fingerprint density at radius 1 is 1.47 bits per heavy atom. The molecular formula is C12H12N2O. The first-order valence-corrected chi connectivity index (χ1v) is 4.82. The molecule has 1 aromatic heterocycles. The molecule has 1 atom stereocenters. The standard InChI is InChI=1S/C12H12N2O/c1-10-5-4-8-14(11(10)9-15)12-6-2-3-7-13-12/h2-9,11H,1H3. The lowest BCUT2D eigenvalue weighted by molar-refractivity contribution is -0.108. The van der Waals surface area contributed by atoms with Gasteiger partial charge in [-0.15, -0.1) is 0 Å². The van der Waals surface area contributed by atoms with Crippen LogP contribution in [0.2, 0.25) is 0 Å². The Morgan fingerprint density at radius 2 is 2.33 bits per heavy atom. The Labute approximate surface area is 88.7 Å². The zero-order chi connectivity index (χ0) is 10.7. The van der Waals surface area contributed by atoms with E-state index in [-0.39, 0.29) is 6.04 Å². The van der Waals surface area contributed by atoms with Crippen LogP contribution in [0.5, 0.6) is 0 Å². The van der Waals surface area contributed by atoms with Gasteiger partial charge in [0.1, 0.15) is 18.1 Å². The Bertz CT molecular complexity index is 409. The van der Waals surface area contributed by atoms with Crippen molar-refractivity contribution < 1.29 is 4.79 Å². The molecule has 0 radical (unpaired) electrons. The van der Waals surface area contributed by atoms with Crippen LogP contribution in [0.4, 0.5) is 5.82 Å². The van der Waals surface area contributed by atoms with Crippen LogP contribution < -0.4 is 4.90 Å². The van der Waals surface area contributed by atoms with E-state index in [0.717, 1.165) is 17.7 Å². The van der Waals surface area contributed by atoms with Crippen molar-refractivity contribution in [1.82, 2.24) is 4.98 Å². The number of carbonyl (C=O) groups excluding carboxylic acids is 1. The summed E-state index contributed by atoms with van der Waals surface area (Å²) in [4.78, 5) is 17.1. The fourth-order valence-corrected chi connectivity index (χ4v) is 1.60. The van der Waals surface area contributed by atoms with Crippen molar-refractivity contribution in [1.29, 1.82) is 0 Å². The molecule has 0 amide bonds. The number of hydrogen-bond acceptors (Lipinski definition) is 3. The number of hydrogen-bond donors (Lipinski definition) is 0. The van der Waals surface area contributed by atoms with E-state index in [4.69, 9.17) is 0 Å². The maximum atomic E-state index is 11.0. The number of anilines is 1. The number of allylic oxidation sites excluding steroid dienone is 2. The number of aldehydes is 1. The molecule has 1 aliphatic rings. The second-order valence-corrected chi connectivity index (χ2v) is 3.43. The van der Waals surface area contributed by atoms with Crippen molar-refractivity contribution >= 4 is 12.1 Å². The lowest BCUT2D eigenvalue weighted by atomic mass is 10.1. The van der Waals surface area contributed by atoms with E-state index in [1.165, 1.54) is 0 Å². The van der Waals surface area contributed by atoms with E-state index in [2.05, 4.69) is 4.98 Å². The Morgan fingerprint density at radius 3 is 3.00 bits per heavy atom. The Balaban J connectivity index is 2.34. The highest BCUT2D eigenvalue weighted by Gasteiger charge is 2.20. The van der Waals surface area contributed by atoms with Gasteiger partial charge in [-0.3, -0.25) is 0 Å². The fourth-order valence-electron chi connectivity index (χ4n) is 1.60. The van der Waals surface area contributed by atoms with Crippen molar-refractivity contribution in [2.75, 3.05) is 4.90 Å². The first-order valence-electron chi connectivity index (χ1n) is 4.82. The van der Waals surface area contributed by atoms with Gasteiger partial charge in [0.15, 0.2) is 0 Å². The van der Waals surface area contributed by atoms with Gasteiger partial charge < -0.3 is 9.69 Å². The molecule has 0 fully saturated rings. The van der Waals surface area contributed by atoms with Crippen molar-refractivity contribution in [3.63, 3.8) is 0 Å². The molecule has 0 saturated carbocycles. The molecule has 0 bridgehead atoms. The molecule has 0 spiro atoms. The first kappa shape index (κ1) is 9.65. The molecule has 1 aliphatic heterocycles. The van der Waals surface area contributed by atoms with Gasteiger partial charge >= 0.3 is 0 Å². The third-order valence-corrected chi connectivity index (χ3v) is 2.41. The van der Waals surface area contributed by atoms with E-state index < -0.39 is 0 Å². The summed E-state index contributed by atoms with van der Waals surface area (Å²) >= 11 is 0. The molecule has 3 heteroatoms. The normalized spacial score (nSPS) is 19.9. The summed E-state index contributed by atoms with van der Waals surface area (Å²) < 4.78 is 0. The minimum Gasteiger partial charge on any atom is -0.319 e. The number of carbonyl (C=O) groups is 1. The summed E-state index contributed by atoms with van der Waals surface area (Å²) in [5.74, 6) is 0.790. The molecule has 15 heavy (non-hydrogen) atoms. The van der Waals surface area contributed by atoms with Gasteiger partial charge in [-0.1, -0.05) is 12.1 Å². The third kappa shape index (κ3) is 1.81. The van der Waals surface area contributed by atoms with Crippen molar-refractivity contribution in [3.8, 4) is 0 Å². The van der Waals surface area contributed by atoms with Gasteiger partial charge in [0.05, 0.1) is 0 Å². The van der Waals surface area contributed by atoms with Crippen LogP contribution >= 0.6 is 0 Å². The number of rotatable bonds is 2. The smallest absolute Gasteiger partial charge is 0.147 e. The monoisotopic (exact) mass is 200 g/mol. The molecule has 0 aliphatic carbocycles. The molecular weight excluding hydrogens is 188 g/mol. The van der Waals surface area contributed by atoms with E-state index >= 15 is 0 Å². The highest BCUT2D eigenvalue weighted by atomic mass is 16.1. The van der Waals surface area contributed by atoms with Crippen LogP contribution in [-0.4, -0.2) is 17.3 Å². The highest BCUT2D eigenvalue weighted by molar-refractivity contribution is 5.72. The predicted octanol–water partition coefficient (Wildman–Crippen LogP) is 1.93. The number of aromatic nitrogens is 1. The Kier molecular flexibility index (Phi) is 2.63. The third-order valence-electron chi connectivity index (χ3n) is 2.41. The van der Waals surface area contributed by atoms with E-state index in [9.17, 15) is 4.79 Å². The minimum absolute atomic E-state index is 0.232. The van der Waals surface area contributed by atoms with Crippen LogP contribution in [0.3, 0.4) is 0 Å². The van der Waals surface area contributed by atoms with Gasteiger partial charge in [-0.05, 0) is 30.7 Å². The second-order valence-electron chi connectivity index (χ2n) is 3.43. The molecule has 0 saturated heterocycles. The molecule has 1 aromatic rings. The molecule has 0 N–H and O–H groups in total. The zero-order valence-electron chi connectivity index (χ0n) is 8.50. The van der Waals surface area contributed by atoms with Crippen molar-refractivity contribution in [2.24, 2.45) is 0 Å². The summed E-state index contributed by atoms with van der Waals surface area (Å²) in [6.45, 7) is 1.94. The average molecular weight is 200 g/mol. The molecule has 0 aromatic carbocycles. The largest absolute Gasteiger partial charge is 0.319 e. The van der Waals surface area contributed by atoms with E-state index in [1.807, 2.05) is 48.4 Å². The summed E-state index contributed by atoms with van der Waals surface area (Å²) in [6.07, 6.45) is 8.39. The van der Waals surface area contributed by atoms with Gasteiger partial charge in [-0.25, -0.2) is 4.98 Å². The predicted molar refractivity (Wildman–Crippen MR) is 59.5 cm³/mol. The summed E-state index contributed by atoms with van der Waals surface area (Å²) in [7, 11) is 0. The van der Waals surface area contributed by atoms with Gasteiger partial charge in [0, 0.05) is 12.4 Å². The average Bonchev–Trinajstić information content (AvgIpc) is 2.30. The van der Waals surface area contributed by atoms with Crippen molar-refractivity contribution in [2.45, 2.75) is 13.0 Å². The van der Waals surface area contributed by atoms with Crippen molar-refractivity contribution in [3.05, 3.63) is 48.3 Å². The number of pyridine rings is 1. The lowest BCUT2D eigenvalue weighted by Gasteiger charge is -2.28.